The van der Waals surface area contributed by atoms with Gasteiger partial charge < -0.3 is 15.5 Å². The maximum atomic E-state index is 12.5. The Morgan fingerprint density at radius 3 is 2.68 bits per heavy atom. The predicted molar refractivity (Wildman–Crippen MR) is 117 cm³/mol. The Hall–Kier alpha value is -4.18. The molecule has 4 rings (SSSR count). The van der Waals surface area contributed by atoms with E-state index in [-0.39, 0.29) is 12.6 Å². The number of nitrogens with zero attached hydrogens (tertiary/aromatic N) is 3. The summed E-state index contributed by atoms with van der Waals surface area (Å²) in [7, 11) is 0. The lowest BCUT2D eigenvalue weighted by Gasteiger charge is -2.30. The number of rotatable bonds is 5. The van der Waals surface area contributed by atoms with E-state index in [1.807, 2.05) is 30.3 Å². The number of amides is 2. The molecule has 1 aromatic heterocycles. The fourth-order valence-electron chi connectivity index (χ4n) is 3.81. The highest BCUT2D eigenvalue weighted by atomic mass is 16.2. The normalized spacial score (nSPS) is 13.1. The summed E-state index contributed by atoms with van der Waals surface area (Å²) in [5, 5.41) is 14.4. The fraction of sp³-hybridized carbons (Fsp3) is 0.167. The quantitative estimate of drug-likeness (QED) is 0.629. The Morgan fingerprint density at radius 1 is 1.06 bits per heavy atom. The number of hydrogen-bond acceptors (Lipinski definition) is 5. The summed E-state index contributed by atoms with van der Waals surface area (Å²) in [5.74, 6) is -1.57. The molecule has 2 amide bonds. The van der Waals surface area contributed by atoms with Crippen LogP contribution in [0.25, 0.3) is 0 Å². The van der Waals surface area contributed by atoms with Crippen LogP contribution in [0.15, 0.2) is 73.1 Å². The van der Waals surface area contributed by atoms with Crippen molar-refractivity contribution < 1.29 is 9.59 Å². The lowest BCUT2D eigenvalue weighted by Crippen LogP contribution is -2.42. The molecule has 2 N–H and O–H groups in total. The Bertz CT molecular complexity index is 1140. The van der Waals surface area contributed by atoms with Gasteiger partial charge in [-0.2, -0.15) is 5.26 Å². The minimum Gasteiger partial charge on any atom is -0.362 e. The highest BCUT2D eigenvalue weighted by Gasteiger charge is 2.28. The van der Waals surface area contributed by atoms with Crippen LogP contribution in [-0.4, -0.2) is 29.9 Å². The smallest absolute Gasteiger partial charge is 0.313 e. The zero-order chi connectivity index (χ0) is 21.6. The molecule has 2 aromatic carbocycles. The lowest BCUT2D eigenvalue weighted by atomic mass is 10.1. The van der Waals surface area contributed by atoms with Crippen molar-refractivity contribution >= 4 is 23.2 Å². The number of benzene rings is 2. The summed E-state index contributed by atoms with van der Waals surface area (Å²) in [6, 6.07) is 20.4. The Kier molecular flexibility index (Phi) is 5.90. The van der Waals surface area contributed by atoms with E-state index in [0.717, 1.165) is 24.2 Å². The first-order chi connectivity index (χ1) is 15.2. The van der Waals surface area contributed by atoms with E-state index < -0.39 is 11.8 Å². The molecule has 1 atom stereocenters. The largest absolute Gasteiger partial charge is 0.362 e. The number of anilines is 2. The molecular formula is C24H21N5O2. The molecule has 154 valence electrons. The zero-order valence-corrected chi connectivity index (χ0v) is 16.8. The minimum atomic E-state index is -0.811. The molecule has 0 saturated heterocycles. The van der Waals surface area contributed by atoms with Crippen LogP contribution in [0.1, 0.15) is 22.7 Å². The average molecular weight is 411 g/mol. The SMILES string of the molecule is N#Cc1ccccc1NC(=O)C(=O)NC[C@H](c1cccnc1)N1CCc2ccccc21. The molecule has 31 heavy (non-hydrogen) atoms. The minimum absolute atomic E-state index is 0.166. The van der Waals surface area contributed by atoms with E-state index in [1.54, 1.807) is 36.7 Å². The van der Waals surface area contributed by atoms with Gasteiger partial charge in [-0.3, -0.25) is 14.6 Å². The number of fused-ring (bicyclic) bond motifs is 1. The topological polar surface area (TPSA) is 98.1 Å². The van der Waals surface area contributed by atoms with Crippen molar-refractivity contribution in [2.75, 3.05) is 23.3 Å². The number of pyridine rings is 1. The van der Waals surface area contributed by atoms with Crippen LogP contribution in [0.4, 0.5) is 11.4 Å². The van der Waals surface area contributed by atoms with Crippen LogP contribution < -0.4 is 15.5 Å². The second-order valence-electron chi connectivity index (χ2n) is 7.20. The van der Waals surface area contributed by atoms with Crippen LogP contribution >= 0.6 is 0 Å². The highest BCUT2D eigenvalue weighted by Crippen LogP contribution is 2.34. The molecule has 0 fully saturated rings. The second kappa shape index (κ2) is 9.09. The summed E-state index contributed by atoms with van der Waals surface area (Å²) >= 11 is 0. The summed E-state index contributed by atoms with van der Waals surface area (Å²) in [5.41, 5.74) is 3.94. The Labute approximate surface area is 180 Å². The van der Waals surface area contributed by atoms with Gasteiger partial charge in [0.25, 0.3) is 0 Å². The van der Waals surface area contributed by atoms with Gasteiger partial charge in [-0.25, -0.2) is 0 Å². The first-order valence-corrected chi connectivity index (χ1v) is 10.00. The lowest BCUT2D eigenvalue weighted by molar-refractivity contribution is -0.136. The number of carbonyl (C=O) groups excluding carboxylic acids is 2. The van der Waals surface area contributed by atoms with Gasteiger partial charge in [0.2, 0.25) is 0 Å². The van der Waals surface area contributed by atoms with Crippen LogP contribution in [0.3, 0.4) is 0 Å². The van der Waals surface area contributed by atoms with E-state index in [9.17, 15) is 9.59 Å². The molecule has 2 heterocycles. The van der Waals surface area contributed by atoms with Gasteiger partial charge in [0.05, 0.1) is 17.3 Å². The third-order valence-electron chi connectivity index (χ3n) is 5.33. The molecule has 0 aliphatic carbocycles. The van der Waals surface area contributed by atoms with Crippen molar-refractivity contribution in [1.29, 1.82) is 5.26 Å². The van der Waals surface area contributed by atoms with Gasteiger partial charge in [0.1, 0.15) is 6.07 Å². The van der Waals surface area contributed by atoms with E-state index in [1.165, 1.54) is 5.56 Å². The van der Waals surface area contributed by atoms with Crippen LogP contribution in [-0.2, 0) is 16.0 Å². The van der Waals surface area contributed by atoms with E-state index >= 15 is 0 Å². The van der Waals surface area contributed by atoms with Crippen LogP contribution in [0, 0.1) is 11.3 Å². The first kappa shape index (κ1) is 20.1. The van der Waals surface area contributed by atoms with Gasteiger partial charge in [0.15, 0.2) is 0 Å². The van der Waals surface area contributed by atoms with E-state index in [2.05, 4.69) is 32.7 Å². The number of nitriles is 1. The molecular weight excluding hydrogens is 390 g/mol. The van der Waals surface area contributed by atoms with Crippen molar-refractivity contribution in [2.24, 2.45) is 0 Å². The summed E-state index contributed by atoms with van der Waals surface area (Å²) in [6.45, 7) is 1.06. The average Bonchev–Trinajstić information content (AvgIpc) is 3.24. The monoisotopic (exact) mass is 411 g/mol. The molecule has 0 spiro atoms. The van der Waals surface area contributed by atoms with Gasteiger partial charge in [-0.15, -0.1) is 0 Å². The first-order valence-electron chi connectivity index (χ1n) is 10.00. The summed E-state index contributed by atoms with van der Waals surface area (Å²) in [6.07, 6.45) is 4.41. The Morgan fingerprint density at radius 2 is 1.87 bits per heavy atom. The van der Waals surface area contributed by atoms with Gasteiger partial charge in [0, 0.05) is 31.2 Å². The third kappa shape index (κ3) is 4.38. The second-order valence-corrected chi connectivity index (χ2v) is 7.20. The molecule has 7 heteroatoms. The molecule has 0 bridgehead atoms. The van der Waals surface area contributed by atoms with E-state index in [4.69, 9.17) is 5.26 Å². The molecule has 3 aromatic rings. The molecule has 1 aliphatic rings. The molecule has 0 saturated carbocycles. The van der Waals surface area contributed by atoms with Crippen molar-refractivity contribution in [1.82, 2.24) is 10.3 Å². The zero-order valence-electron chi connectivity index (χ0n) is 16.8. The number of nitrogens with one attached hydrogen (secondary N) is 2. The van der Waals surface area contributed by atoms with Crippen LogP contribution in [0.5, 0.6) is 0 Å². The van der Waals surface area contributed by atoms with Crippen LogP contribution in [0.2, 0.25) is 0 Å². The predicted octanol–water partition coefficient (Wildman–Crippen LogP) is 2.81. The van der Waals surface area contributed by atoms with Gasteiger partial charge in [-0.1, -0.05) is 36.4 Å². The standard InChI is InChI=1S/C24H21N5O2/c25-14-18-7-1-3-9-20(18)28-24(31)23(30)27-16-22(19-8-5-12-26-15-19)29-13-11-17-6-2-4-10-21(17)29/h1-10,12,15,22H,11,13,16H2,(H,27,30)(H,28,31)/t22-/m1/s1. The summed E-state index contributed by atoms with van der Waals surface area (Å²) < 4.78 is 0. The third-order valence-corrected chi connectivity index (χ3v) is 5.33. The van der Waals surface area contributed by atoms with Gasteiger partial charge >= 0.3 is 11.8 Å². The maximum absolute atomic E-state index is 12.5. The highest BCUT2D eigenvalue weighted by molar-refractivity contribution is 6.39. The van der Waals surface area contributed by atoms with E-state index in [0.29, 0.717) is 11.3 Å². The Balaban J connectivity index is 1.49. The number of para-hydroxylation sites is 2. The number of carbonyl (C=O) groups is 2. The number of aromatic nitrogens is 1. The van der Waals surface area contributed by atoms with Crippen molar-refractivity contribution in [3.05, 3.63) is 89.7 Å². The molecule has 0 unspecified atom stereocenters. The molecule has 1 aliphatic heterocycles. The fourth-order valence-corrected chi connectivity index (χ4v) is 3.81. The summed E-state index contributed by atoms with van der Waals surface area (Å²) in [4.78, 5) is 31.3. The molecule has 7 nitrogen and oxygen atoms in total. The maximum Gasteiger partial charge on any atom is 0.313 e. The number of hydrogen-bond donors (Lipinski definition) is 2. The van der Waals surface area contributed by atoms with Crippen molar-refractivity contribution in [3.63, 3.8) is 0 Å². The van der Waals surface area contributed by atoms with Crippen molar-refractivity contribution in [2.45, 2.75) is 12.5 Å². The van der Waals surface area contributed by atoms with Crippen molar-refractivity contribution in [3.8, 4) is 6.07 Å². The molecule has 0 radical (unpaired) electrons. The van der Waals surface area contributed by atoms with Gasteiger partial charge in [-0.05, 0) is 41.8 Å².